The summed E-state index contributed by atoms with van der Waals surface area (Å²) in [6, 6.07) is 14.2. The summed E-state index contributed by atoms with van der Waals surface area (Å²) in [4.78, 5) is 29.0. The summed E-state index contributed by atoms with van der Waals surface area (Å²) in [6.45, 7) is 0.454. The van der Waals surface area contributed by atoms with Crippen LogP contribution < -0.4 is 10.1 Å². The van der Waals surface area contributed by atoms with Gasteiger partial charge in [0.25, 0.3) is 5.91 Å². The lowest BCUT2D eigenvalue weighted by molar-refractivity contribution is -0.142. The van der Waals surface area contributed by atoms with Gasteiger partial charge in [-0.05, 0) is 61.1 Å². The Kier molecular flexibility index (Phi) is 8.35. The van der Waals surface area contributed by atoms with Crippen LogP contribution in [0.1, 0.15) is 54.4 Å². The minimum absolute atomic E-state index is 0.0424. The van der Waals surface area contributed by atoms with Crippen molar-refractivity contribution in [2.75, 3.05) is 7.11 Å². The van der Waals surface area contributed by atoms with Crippen molar-refractivity contribution in [3.63, 3.8) is 0 Å². The number of amides is 1. The maximum absolute atomic E-state index is 14.7. The number of hydrogen-bond acceptors (Lipinski definition) is 4. The van der Waals surface area contributed by atoms with Crippen LogP contribution in [0.15, 0.2) is 60.9 Å². The SMILES string of the molecule is COc1ncc(-c2ccc(Cn3ccc4c(F)ccc(C(=O)NC5CCCC(C(=O)O)CCC5)c43)cc2)cc1Cl. The van der Waals surface area contributed by atoms with Crippen LogP contribution >= 0.6 is 11.6 Å². The monoisotopic (exact) mass is 563 g/mol. The number of nitrogens with zero attached hydrogens (tertiary/aromatic N) is 2. The van der Waals surface area contributed by atoms with Gasteiger partial charge >= 0.3 is 5.97 Å². The fourth-order valence-corrected chi connectivity index (χ4v) is 5.75. The number of carboxylic acids is 1. The highest BCUT2D eigenvalue weighted by Crippen LogP contribution is 2.29. The number of carbonyl (C=O) groups excluding carboxylic acids is 1. The summed E-state index contributed by atoms with van der Waals surface area (Å²) in [5, 5.41) is 13.3. The second-order valence-corrected chi connectivity index (χ2v) is 10.7. The van der Waals surface area contributed by atoms with Crippen LogP contribution in [0.3, 0.4) is 0 Å². The van der Waals surface area contributed by atoms with Gasteiger partial charge in [-0.2, -0.15) is 0 Å². The molecule has 7 nitrogen and oxygen atoms in total. The number of carboxylic acid groups (broad SMARTS) is 1. The Labute approximate surface area is 236 Å². The van der Waals surface area contributed by atoms with Gasteiger partial charge in [0.2, 0.25) is 5.88 Å². The number of nitrogens with one attached hydrogen (secondary N) is 1. The van der Waals surface area contributed by atoms with Gasteiger partial charge in [0.15, 0.2) is 0 Å². The van der Waals surface area contributed by atoms with E-state index >= 15 is 0 Å². The second kappa shape index (κ2) is 12.1. The molecule has 2 aromatic carbocycles. The van der Waals surface area contributed by atoms with Crippen molar-refractivity contribution in [3.8, 4) is 17.0 Å². The highest BCUT2D eigenvalue weighted by molar-refractivity contribution is 6.32. The summed E-state index contributed by atoms with van der Waals surface area (Å²) in [7, 11) is 1.52. The molecule has 0 radical (unpaired) electrons. The molecule has 2 aromatic heterocycles. The zero-order valence-corrected chi connectivity index (χ0v) is 23.0. The van der Waals surface area contributed by atoms with Gasteiger partial charge in [0.1, 0.15) is 10.8 Å². The van der Waals surface area contributed by atoms with Gasteiger partial charge in [0.05, 0.1) is 24.1 Å². The van der Waals surface area contributed by atoms with Crippen molar-refractivity contribution < 1.29 is 23.8 Å². The molecule has 9 heteroatoms. The Morgan fingerprint density at radius 2 is 1.80 bits per heavy atom. The summed E-state index contributed by atoms with van der Waals surface area (Å²) >= 11 is 6.23. The number of methoxy groups -OCH3 is 1. The van der Waals surface area contributed by atoms with Gasteiger partial charge in [-0.3, -0.25) is 9.59 Å². The molecule has 5 rings (SSSR count). The minimum Gasteiger partial charge on any atom is -0.481 e. The third-order valence-corrected chi connectivity index (χ3v) is 7.92. The molecule has 1 amide bonds. The number of benzene rings is 2. The van der Waals surface area contributed by atoms with Crippen molar-refractivity contribution in [1.82, 2.24) is 14.9 Å². The zero-order valence-electron chi connectivity index (χ0n) is 22.2. The van der Waals surface area contributed by atoms with Gasteiger partial charge in [-0.1, -0.05) is 48.7 Å². The number of carbonyl (C=O) groups is 2. The van der Waals surface area contributed by atoms with E-state index in [0.29, 0.717) is 46.8 Å². The molecule has 1 fully saturated rings. The molecule has 40 heavy (non-hydrogen) atoms. The molecule has 1 saturated carbocycles. The minimum atomic E-state index is -0.742. The largest absolute Gasteiger partial charge is 0.481 e. The maximum Gasteiger partial charge on any atom is 0.306 e. The van der Waals surface area contributed by atoms with Crippen molar-refractivity contribution in [2.24, 2.45) is 5.92 Å². The van der Waals surface area contributed by atoms with E-state index in [0.717, 1.165) is 42.4 Å². The molecule has 0 aliphatic heterocycles. The predicted molar refractivity (Wildman–Crippen MR) is 152 cm³/mol. The third kappa shape index (κ3) is 5.97. The van der Waals surface area contributed by atoms with Gasteiger partial charge < -0.3 is 19.7 Å². The Morgan fingerprint density at radius 3 is 2.45 bits per heavy atom. The first-order valence-corrected chi connectivity index (χ1v) is 13.8. The molecule has 0 unspecified atom stereocenters. The highest BCUT2D eigenvalue weighted by atomic mass is 35.5. The normalized spacial score (nSPS) is 17.7. The van der Waals surface area contributed by atoms with E-state index in [4.69, 9.17) is 16.3 Å². The number of pyridine rings is 1. The summed E-state index contributed by atoms with van der Waals surface area (Å²) in [6.07, 6.45) is 7.67. The van der Waals surface area contributed by atoms with E-state index in [1.54, 1.807) is 24.5 Å². The Balaban J connectivity index is 1.34. The first-order valence-electron chi connectivity index (χ1n) is 13.4. The molecule has 2 N–H and O–H groups in total. The number of halogens is 2. The van der Waals surface area contributed by atoms with E-state index in [-0.39, 0.29) is 23.7 Å². The van der Waals surface area contributed by atoms with Crippen LogP contribution in [0.4, 0.5) is 4.39 Å². The Morgan fingerprint density at radius 1 is 1.07 bits per heavy atom. The standard InChI is InChI=1S/C31H31ClFN3O4/c1-40-30-26(32)16-22(17-34-30)20-10-8-19(9-11-20)18-36-15-14-24-27(33)13-12-25(28(24)36)29(37)35-23-6-2-4-21(31(38)39)5-3-7-23/h8-17,21,23H,2-7,18H2,1H3,(H,35,37)(H,38,39). The lowest BCUT2D eigenvalue weighted by atomic mass is 9.89. The molecule has 0 spiro atoms. The van der Waals surface area contributed by atoms with Crippen LogP contribution in [0, 0.1) is 11.7 Å². The lowest BCUT2D eigenvalue weighted by Gasteiger charge is -2.24. The molecule has 2 heterocycles. The molecule has 208 valence electrons. The van der Waals surface area contributed by atoms with Crippen molar-refractivity contribution in [3.05, 3.63) is 82.9 Å². The fourth-order valence-electron chi connectivity index (χ4n) is 5.50. The zero-order chi connectivity index (χ0) is 28.2. The van der Waals surface area contributed by atoms with E-state index in [1.807, 2.05) is 28.8 Å². The number of hydrogen-bond donors (Lipinski definition) is 2. The number of fused-ring (bicyclic) bond motifs is 1. The summed E-state index contributed by atoms with van der Waals surface area (Å²) in [5.41, 5.74) is 3.75. The highest BCUT2D eigenvalue weighted by Gasteiger charge is 2.24. The van der Waals surface area contributed by atoms with Crippen LogP contribution in [-0.4, -0.2) is 39.7 Å². The number of rotatable bonds is 7. The topological polar surface area (TPSA) is 93.5 Å². The Hall–Kier alpha value is -3.91. The molecule has 4 aromatic rings. The lowest BCUT2D eigenvalue weighted by Crippen LogP contribution is -2.36. The molecular formula is C31H31ClFN3O4. The van der Waals surface area contributed by atoms with Crippen molar-refractivity contribution >= 4 is 34.4 Å². The average molecular weight is 564 g/mol. The van der Waals surface area contributed by atoms with Crippen LogP contribution in [0.2, 0.25) is 5.02 Å². The van der Waals surface area contributed by atoms with Crippen molar-refractivity contribution in [2.45, 2.75) is 51.1 Å². The van der Waals surface area contributed by atoms with Crippen molar-refractivity contribution in [1.29, 1.82) is 0 Å². The molecule has 1 aliphatic carbocycles. The predicted octanol–water partition coefficient (Wildman–Crippen LogP) is 6.71. The first-order chi connectivity index (χ1) is 19.3. The van der Waals surface area contributed by atoms with Gasteiger partial charge in [-0.25, -0.2) is 9.37 Å². The Bertz CT molecular complexity index is 1530. The third-order valence-electron chi connectivity index (χ3n) is 7.65. The van der Waals surface area contributed by atoms with Crippen LogP contribution in [-0.2, 0) is 11.3 Å². The van der Waals surface area contributed by atoms with Crippen LogP contribution in [0.5, 0.6) is 5.88 Å². The van der Waals surface area contributed by atoms with E-state index in [1.165, 1.54) is 19.2 Å². The number of aromatic nitrogens is 2. The fraction of sp³-hybridized carbons (Fsp3) is 0.323. The second-order valence-electron chi connectivity index (χ2n) is 10.3. The van der Waals surface area contributed by atoms with E-state index in [2.05, 4.69) is 10.3 Å². The smallest absolute Gasteiger partial charge is 0.306 e. The van der Waals surface area contributed by atoms with Gasteiger partial charge in [0, 0.05) is 35.9 Å². The van der Waals surface area contributed by atoms with Crippen LogP contribution in [0.25, 0.3) is 22.0 Å². The first kappa shape index (κ1) is 27.6. The molecule has 1 aliphatic rings. The van der Waals surface area contributed by atoms with E-state index in [9.17, 15) is 19.1 Å². The molecule has 0 atom stereocenters. The average Bonchev–Trinajstić information content (AvgIpc) is 3.35. The molecule has 0 saturated heterocycles. The summed E-state index contributed by atoms with van der Waals surface area (Å²) < 4.78 is 21.8. The quantitative estimate of drug-likeness (QED) is 0.261. The maximum atomic E-state index is 14.7. The summed E-state index contributed by atoms with van der Waals surface area (Å²) in [5.74, 6) is -1.31. The van der Waals surface area contributed by atoms with Gasteiger partial charge in [-0.15, -0.1) is 0 Å². The molecular weight excluding hydrogens is 533 g/mol. The molecule has 0 bridgehead atoms. The number of aliphatic carboxylic acids is 1. The number of ether oxygens (including phenoxy) is 1. The van der Waals surface area contributed by atoms with E-state index < -0.39 is 5.97 Å².